The van der Waals surface area contributed by atoms with Crippen molar-refractivity contribution in [3.05, 3.63) is 48.6 Å². The van der Waals surface area contributed by atoms with E-state index in [1.165, 1.54) is 70.6 Å². The van der Waals surface area contributed by atoms with Gasteiger partial charge in [-0.15, -0.1) is 0 Å². The van der Waals surface area contributed by atoms with Gasteiger partial charge in [0, 0.05) is 12.8 Å². The normalized spacial score (nSPS) is 14.2. The first-order valence-corrected chi connectivity index (χ1v) is 18.3. The minimum Gasteiger partial charge on any atom is -0.463 e. The summed E-state index contributed by atoms with van der Waals surface area (Å²) in [5, 5.41) is 30.0. The number of hydrogen-bond donors (Lipinski definition) is 3. The molecule has 266 valence electrons. The average molecular weight is 649 g/mol. The molecule has 0 amide bonds. The van der Waals surface area contributed by atoms with Gasteiger partial charge < -0.3 is 24.8 Å². The van der Waals surface area contributed by atoms with Gasteiger partial charge >= 0.3 is 11.9 Å². The summed E-state index contributed by atoms with van der Waals surface area (Å²) in [4.78, 5) is 23.9. The van der Waals surface area contributed by atoms with Gasteiger partial charge in [-0.1, -0.05) is 146 Å². The van der Waals surface area contributed by atoms with E-state index in [2.05, 4.69) is 26.8 Å². The highest BCUT2D eigenvalue weighted by Crippen LogP contribution is 2.14. The molecule has 0 heterocycles. The number of carbonyl (C=O) groups excluding carboxylic acids is 2. The summed E-state index contributed by atoms with van der Waals surface area (Å²) in [5.74, 6) is 0.0117. The van der Waals surface area contributed by atoms with Gasteiger partial charge in [0.05, 0.1) is 12.2 Å². The quantitative estimate of drug-likeness (QED) is 0.0298. The summed E-state index contributed by atoms with van der Waals surface area (Å²) < 4.78 is 10.2. The lowest BCUT2D eigenvalue weighted by Crippen LogP contribution is -2.25. The van der Waals surface area contributed by atoms with E-state index in [9.17, 15) is 24.9 Å². The van der Waals surface area contributed by atoms with Gasteiger partial charge in [-0.3, -0.25) is 9.59 Å². The highest BCUT2D eigenvalue weighted by Gasteiger charge is 2.12. The number of unbranched alkanes of at least 4 members (excludes halogenated alkanes) is 12. The first-order chi connectivity index (χ1) is 22.2. The number of ether oxygens (including phenoxy) is 2. The summed E-state index contributed by atoms with van der Waals surface area (Å²) in [6, 6.07) is 0. The van der Waals surface area contributed by atoms with Crippen molar-refractivity contribution in [3.63, 3.8) is 0 Å². The van der Waals surface area contributed by atoms with Crippen molar-refractivity contribution in [3.8, 4) is 0 Å². The Bertz CT molecular complexity index is 830. The van der Waals surface area contributed by atoms with Gasteiger partial charge in [-0.05, 0) is 44.4 Å². The summed E-state index contributed by atoms with van der Waals surface area (Å²) in [6.45, 7) is 6.33. The smallest absolute Gasteiger partial charge is 0.305 e. The highest BCUT2D eigenvalue weighted by atomic mass is 16.6. The molecule has 0 unspecified atom stereocenters. The molecule has 0 bridgehead atoms. The minimum absolute atomic E-state index is 0.124. The fraction of sp³-hybridized carbons (Fsp3) is 0.744. The van der Waals surface area contributed by atoms with E-state index in [1.54, 1.807) is 36.5 Å². The molecule has 0 aliphatic carbocycles. The van der Waals surface area contributed by atoms with Crippen molar-refractivity contribution in [2.24, 2.45) is 5.92 Å². The van der Waals surface area contributed by atoms with E-state index in [0.717, 1.165) is 31.6 Å². The summed E-state index contributed by atoms with van der Waals surface area (Å²) in [7, 11) is 0. The van der Waals surface area contributed by atoms with Crippen LogP contribution in [0.25, 0.3) is 0 Å². The molecule has 0 aromatic rings. The van der Waals surface area contributed by atoms with Crippen LogP contribution in [0.4, 0.5) is 0 Å². The van der Waals surface area contributed by atoms with Crippen LogP contribution in [0.5, 0.6) is 0 Å². The lowest BCUT2D eigenvalue weighted by Gasteiger charge is -2.12. The fourth-order valence-corrected chi connectivity index (χ4v) is 4.82. The second-order valence-electron chi connectivity index (χ2n) is 12.9. The Morgan fingerprint density at radius 1 is 0.587 bits per heavy atom. The van der Waals surface area contributed by atoms with E-state index in [0.29, 0.717) is 25.7 Å². The maximum absolute atomic E-state index is 11.9. The standard InChI is InChI=1S/C39H68O7/c1-4-5-6-7-15-20-26-35(40)27-21-17-18-22-28-36(41)29-24-31-39(44)46-33-37(42)32-45-38(43)30-23-16-13-11-9-8-10-12-14-19-25-34(2)3/h15,17-18,20-22,27-28,34-37,40-42H,4-14,16,19,23-26,29-33H2,1-3H3/b18-17+,20-15-,27-21+,28-22-/t35-,36-,37+/m1/s1. The molecule has 46 heavy (non-hydrogen) atoms. The summed E-state index contributed by atoms with van der Waals surface area (Å²) in [6.07, 6.45) is 32.3. The van der Waals surface area contributed by atoms with Crippen LogP contribution in [-0.2, 0) is 19.1 Å². The van der Waals surface area contributed by atoms with Crippen LogP contribution in [0.1, 0.15) is 149 Å². The van der Waals surface area contributed by atoms with Gasteiger partial charge in [0.15, 0.2) is 0 Å². The predicted octanol–water partition coefficient (Wildman–Crippen LogP) is 8.86. The Kier molecular flexibility index (Phi) is 31.1. The van der Waals surface area contributed by atoms with Gasteiger partial charge in [0.1, 0.15) is 19.3 Å². The van der Waals surface area contributed by atoms with Crippen LogP contribution in [0.3, 0.4) is 0 Å². The van der Waals surface area contributed by atoms with Crippen LogP contribution >= 0.6 is 0 Å². The molecule has 0 aromatic heterocycles. The highest BCUT2D eigenvalue weighted by molar-refractivity contribution is 5.69. The Morgan fingerprint density at radius 3 is 1.67 bits per heavy atom. The first kappa shape index (κ1) is 43.8. The maximum Gasteiger partial charge on any atom is 0.305 e. The molecule has 0 aliphatic heterocycles. The maximum atomic E-state index is 11.9. The third kappa shape index (κ3) is 33.2. The van der Waals surface area contributed by atoms with Gasteiger partial charge in [0.25, 0.3) is 0 Å². The molecule has 0 saturated heterocycles. The molecule has 3 atom stereocenters. The topological polar surface area (TPSA) is 113 Å². The number of carbonyl (C=O) groups is 2. The number of rotatable bonds is 31. The third-order valence-corrected chi connectivity index (χ3v) is 7.69. The van der Waals surface area contributed by atoms with E-state index >= 15 is 0 Å². The lowest BCUT2D eigenvalue weighted by atomic mass is 10.0. The number of aliphatic hydroxyl groups is 3. The second-order valence-corrected chi connectivity index (χ2v) is 12.9. The van der Waals surface area contributed by atoms with Crippen LogP contribution in [0.2, 0.25) is 0 Å². The number of aliphatic hydroxyl groups excluding tert-OH is 3. The Hall–Kier alpha value is -2.22. The molecule has 0 aliphatic rings. The Labute approximate surface area is 281 Å². The zero-order valence-corrected chi connectivity index (χ0v) is 29.5. The lowest BCUT2D eigenvalue weighted by molar-refractivity contribution is -0.152. The van der Waals surface area contributed by atoms with Gasteiger partial charge in [-0.25, -0.2) is 0 Å². The first-order valence-electron chi connectivity index (χ1n) is 18.3. The molecule has 7 nitrogen and oxygen atoms in total. The van der Waals surface area contributed by atoms with E-state index in [-0.39, 0.29) is 25.6 Å². The molecule has 0 rings (SSSR count). The molecule has 7 heteroatoms. The molecule has 0 aromatic carbocycles. The summed E-state index contributed by atoms with van der Waals surface area (Å²) in [5.41, 5.74) is 0. The molecular formula is C39H68O7. The van der Waals surface area contributed by atoms with Gasteiger partial charge in [0.2, 0.25) is 0 Å². The van der Waals surface area contributed by atoms with Crippen LogP contribution in [0, 0.1) is 5.92 Å². The van der Waals surface area contributed by atoms with Crippen LogP contribution in [-0.4, -0.2) is 58.8 Å². The fourth-order valence-electron chi connectivity index (χ4n) is 4.82. The Balaban J connectivity index is 3.75. The molecule has 3 N–H and O–H groups in total. The van der Waals surface area contributed by atoms with Crippen LogP contribution < -0.4 is 0 Å². The zero-order chi connectivity index (χ0) is 34.1. The summed E-state index contributed by atoms with van der Waals surface area (Å²) >= 11 is 0. The largest absolute Gasteiger partial charge is 0.463 e. The zero-order valence-electron chi connectivity index (χ0n) is 29.5. The minimum atomic E-state index is -1.05. The molecule has 0 saturated carbocycles. The molecule has 0 fully saturated rings. The van der Waals surface area contributed by atoms with Crippen molar-refractivity contribution in [2.75, 3.05) is 13.2 Å². The van der Waals surface area contributed by atoms with Crippen molar-refractivity contribution in [1.29, 1.82) is 0 Å². The average Bonchev–Trinajstić information content (AvgIpc) is 3.02. The SMILES string of the molecule is CCCCC/C=C\C[C@@H](O)/C=C/C=C/C=C\[C@@H](O)CCCC(=O)OC[C@@H](O)COC(=O)CCCCCCCCCCCCC(C)C. The van der Waals surface area contributed by atoms with Crippen molar-refractivity contribution < 1.29 is 34.4 Å². The van der Waals surface area contributed by atoms with E-state index in [4.69, 9.17) is 9.47 Å². The number of hydrogen-bond acceptors (Lipinski definition) is 7. The molecular weight excluding hydrogens is 580 g/mol. The van der Waals surface area contributed by atoms with Crippen molar-refractivity contribution in [2.45, 2.75) is 167 Å². The monoisotopic (exact) mass is 648 g/mol. The Morgan fingerprint density at radius 2 is 1.11 bits per heavy atom. The van der Waals surface area contributed by atoms with Crippen molar-refractivity contribution in [1.82, 2.24) is 0 Å². The third-order valence-electron chi connectivity index (χ3n) is 7.69. The van der Waals surface area contributed by atoms with Crippen molar-refractivity contribution >= 4 is 11.9 Å². The van der Waals surface area contributed by atoms with Crippen LogP contribution in [0.15, 0.2) is 48.6 Å². The van der Waals surface area contributed by atoms with E-state index in [1.807, 2.05) is 6.08 Å². The van der Waals surface area contributed by atoms with Gasteiger partial charge in [-0.2, -0.15) is 0 Å². The predicted molar refractivity (Wildman–Crippen MR) is 189 cm³/mol. The number of allylic oxidation sites excluding steroid dienone is 5. The number of esters is 2. The molecule has 0 radical (unpaired) electrons. The van der Waals surface area contributed by atoms with E-state index < -0.39 is 24.3 Å². The second kappa shape index (κ2) is 32.7. The molecule has 0 spiro atoms.